The minimum atomic E-state index is -0.278. The van der Waals surface area contributed by atoms with Gasteiger partial charge in [-0.15, -0.1) is 0 Å². The molecule has 0 atom stereocenters. The maximum atomic E-state index is 12.1. The summed E-state index contributed by atoms with van der Waals surface area (Å²) in [6.07, 6.45) is 0. The lowest BCUT2D eigenvalue weighted by atomic mass is 10.1. The van der Waals surface area contributed by atoms with Crippen molar-refractivity contribution in [2.24, 2.45) is 0 Å². The molecule has 2 aromatic rings. The van der Waals surface area contributed by atoms with Gasteiger partial charge < -0.3 is 0 Å². The van der Waals surface area contributed by atoms with Crippen LogP contribution in [0, 0.1) is 13.8 Å². The zero-order chi connectivity index (χ0) is 15.6. The fourth-order valence-corrected chi connectivity index (χ4v) is 2.65. The Morgan fingerprint density at radius 2 is 1.57 bits per heavy atom. The van der Waals surface area contributed by atoms with Gasteiger partial charge in [-0.2, -0.15) is 0 Å². The van der Waals surface area contributed by atoms with Crippen LogP contribution in [-0.4, -0.2) is 5.91 Å². The van der Waals surface area contributed by atoms with Crippen LogP contribution in [0.3, 0.4) is 0 Å². The summed E-state index contributed by atoms with van der Waals surface area (Å²) in [5.41, 5.74) is 8.41. The monoisotopic (exact) mass is 342 g/mol. The quantitative estimate of drug-likeness (QED) is 0.768. The zero-order valence-electron chi connectivity index (χ0n) is 11.4. The number of carbonyl (C=O) groups is 1. The lowest BCUT2D eigenvalue weighted by molar-refractivity contribution is 0.0962. The molecule has 0 saturated carbocycles. The van der Waals surface area contributed by atoms with Crippen molar-refractivity contribution in [3.63, 3.8) is 0 Å². The van der Waals surface area contributed by atoms with Crippen molar-refractivity contribution in [2.75, 3.05) is 5.43 Å². The van der Waals surface area contributed by atoms with Crippen molar-refractivity contribution >= 4 is 46.4 Å². The summed E-state index contributed by atoms with van der Waals surface area (Å²) in [6, 6.07) is 8.55. The van der Waals surface area contributed by atoms with E-state index < -0.39 is 0 Å². The second kappa shape index (κ2) is 6.56. The standard InChI is InChI=1S/C15H13Cl3N2O/c1-8-3-4-10(5-9(8)2)15(21)20-19-14-12(17)6-11(16)7-13(14)18/h3-7,19H,1-2H3,(H,20,21). The molecular weight excluding hydrogens is 331 g/mol. The van der Waals surface area contributed by atoms with Gasteiger partial charge in [0.15, 0.2) is 0 Å². The SMILES string of the molecule is Cc1ccc(C(=O)NNc2c(Cl)cc(Cl)cc2Cl)cc1C. The van der Waals surface area contributed by atoms with E-state index in [2.05, 4.69) is 10.9 Å². The summed E-state index contributed by atoms with van der Waals surface area (Å²) < 4.78 is 0. The van der Waals surface area contributed by atoms with E-state index in [1.165, 1.54) is 0 Å². The second-order valence-corrected chi connectivity index (χ2v) is 5.87. The summed E-state index contributed by atoms with van der Waals surface area (Å²) in [5, 5.41) is 1.08. The predicted octanol–water partition coefficient (Wildman–Crippen LogP) is 5.02. The Morgan fingerprint density at radius 3 is 2.14 bits per heavy atom. The maximum Gasteiger partial charge on any atom is 0.269 e. The van der Waals surface area contributed by atoms with Gasteiger partial charge in [0.2, 0.25) is 0 Å². The van der Waals surface area contributed by atoms with Gasteiger partial charge in [0.05, 0.1) is 15.7 Å². The minimum absolute atomic E-state index is 0.278. The largest absolute Gasteiger partial charge is 0.295 e. The molecule has 3 nitrogen and oxygen atoms in total. The molecule has 0 saturated heterocycles. The van der Waals surface area contributed by atoms with Crippen LogP contribution in [0.25, 0.3) is 0 Å². The van der Waals surface area contributed by atoms with Crippen molar-refractivity contribution < 1.29 is 4.79 Å². The van der Waals surface area contributed by atoms with Gasteiger partial charge in [0, 0.05) is 10.6 Å². The Bertz CT molecular complexity index is 678. The number of amides is 1. The Labute approximate surface area is 138 Å². The number of aryl methyl sites for hydroxylation is 2. The van der Waals surface area contributed by atoms with Crippen LogP contribution in [0.4, 0.5) is 5.69 Å². The van der Waals surface area contributed by atoms with Crippen LogP contribution >= 0.6 is 34.8 Å². The van der Waals surface area contributed by atoms with Crippen molar-refractivity contribution in [1.29, 1.82) is 0 Å². The molecule has 0 radical (unpaired) electrons. The number of hydrogen-bond donors (Lipinski definition) is 2. The molecule has 0 aliphatic heterocycles. The smallest absolute Gasteiger partial charge is 0.269 e. The maximum absolute atomic E-state index is 12.1. The first kappa shape index (κ1) is 16.0. The van der Waals surface area contributed by atoms with Crippen LogP contribution in [0.1, 0.15) is 21.5 Å². The molecule has 6 heteroatoms. The highest BCUT2D eigenvalue weighted by atomic mass is 35.5. The average Bonchev–Trinajstić information content (AvgIpc) is 2.40. The molecule has 0 unspecified atom stereocenters. The predicted molar refractivity (Wildman–Crippen MR) is 88.5 cm³/mol. The Balaban J connectivity index is 2.13. The molecule has 21 heavy (non-hydrogen) atoms. The molecule has 2 rings (SSSR count). The second-order valence-electron chi connectivity index (χ2n) is 4.62. The molecule has 0 heterocycles. The molecule has 0 aliphatic carbocycles. The summed E-state index contributed by atoms with van der Waals surface area (Å²) in [7, 11) is 0. The van der Waals surface area contributed by atoms with Crippen LogP contribution in [-0.2, 0) is 0 Å². The number of benzene rings is 2. The summed E-state index contributed by atoms with van der Waals surface area (Å²) in [6.45, 7) is 3.94. The van der Waals surface area contributed by atoms with Crippen molar-refractivity contribution in [1.82, 2.24) is 5.43 Å². The number of hydrazine groups is 1. The molecular formula is C15H13Cl3N2O. The molecule has 0 aliphatic rings. The van der Waals surface area contributed by atoms with Crippen LogP contribution < -0.4 is 10.9 Å². The van der Waals surface area contributed by atoms with Gasteiger partial charge in [-0.1, -0.05) is 40.9 Å². The lowest BCUT2D eigenvalue weighted by Gasteiger charge is -2.12. The van der Waals surface area contributed by atoms with Crippen LogP contribution in [0.15, 0.2) is 30.3 Å². The highest BCUT2D eigenvalue weighted by Gasteiger charge is 2.10. The van der Waals surface area contributed by atoms with Crippen LogP contribution in [0.2, 0.25) is 15.1 Å². The highest BCUT2D eigenvalue weighted by Crippen LogP contribution is 2.33. The fourth-order valence-electron chi connectivity index (χ4n) is 1.74. The number of carbonyl (C=O) groups excluding carboxylic acids is 1. The van der Waals surface area contributed by atoms with Crippen molar-refractivity contribution in [2.45, 2.75) is 13.8 Å². The average molecular weight is 344 g/mol. The molecule has 0 aromatic heterocycles. The van der Waals surface area contributed by atoms with E-state index in [0.29, 0.717) is 26.3 Å². The first-order chi connectivity index (χ1) is 9.88. The first-order valence-electron chi connectivity index (χ1n) is 6.16. The summed E-state index contributed by atoms with van der Waals surface area (Å²) >= 11 is 17.9. The van der Waals surface area contributed by atoms with Crippen LogP contribution in [0.5, 0.6) is 0 Å². The summed E-state index contributed by atoms with van der Waals surface area (Å²) in [5.74, 6) is -0.278. The molecule has 2 N–H and O–H groups in total. The van der Waals surface area contributed by atoms with Crippen molar-refractivity contribution in [3.05, 3.63) is 62.1 Å². The molecule has 2 aromatic carbocycles. The third-order valence-electron chi connectivity index (χ3n) is 3.08. The van der Waals surface area contributed by atoms with Gasteiger partial charge in [-0.05, 0) is 49.2 Å². The van der Waals surface area contributed by atoms with Gasteiger partial charge >= 0.3 is 0 Å². The Hall–Kier alpha value is -1.42. The Morgan fingerprint density at radius 1 is 0.952 bits per heavy atom. The molecule has 110 valence electrons. The van der Waals surface area contributed by atoms with E-state index in [4.69, 9.17) is 34.8 Å². The normalized spacial score (nSPS) is 10.3. The van der Waals surface area contributed by atoms with Gasteiger partial charge in [-0.3, -0.25) is 15.6 Å². The first-order valence-corrected chi connectivity index (χ1v) is 7.30. The van der Waals surface area contributed by atoms with E-state index in [9.17, 15) is 4.79 Å². The highest BCUT2D eigenvalue weighted by molar-refractivity contribution is 6.41. The van der Waals surface area contributed by atoms with E-state index in [1.54, 1.807) is 18.2 Å². The van der Waals surface area contributed by atoms with Gasteiger partial charge in [0.25, 0.3) is 5.91 Å². The fraction of sp³-hybridized carbons (Fsp3) is 0.133. The number of anilines is 1. The zero-order valence-corrected chi connectivity index (χ0v) is 13.7. The van der Waals surface area contributed by atoms with Gasteiger partial charge in [-0.25, -0.2) is 0 Å². The molecule has 0 fully saturated rings. The minimum Gasteiger partial charge on any atom is -0.295 e. The van der Waals surface area contributed by atoms with Crippen molar-refractivity contribution in [3.8, 4) is 0 Å². The Kier molecular flexibility index (Phi) is 4.99. The lowest BCUT2D eigenvalue weighted by Crippen LogP contribution is -2.29. The van der Waals surface area contributed by atoms with E-state index in [-0.39, 0.29) is 5.91 Å². The number of nitrogens with one attached hydrogen (secondary N) is 2. The molecule has 1 amide bonds. The third-order valence-corrected chi connectivity index (χ3v) is 3.89. The van der Waals surface area contributed by atoms with E-state index in [1.807, 2.05) is 26.0 Å². The van der Waals surface area contributed by atoms with Gasteiger partial charge in [0.1, 0.15) is 0 Å². The topological polar surface area (TPSA) is 41.1 Å². The van der Waals surface area contributed by atoms with E-state index >= 15 is 0 Å². The molecule has 0 bridgehead atoms. The summed E-state index contributed by atoms with van der Waals surface area (Å²) in [4.78, 5) is 12.1. The number of rotatable bonds is 3. The number of halogens is 3. The molecule has 0 spiro atoms. The third kappa shape index (κ3) is 3.82. The number of hydrogen-bond acceptors (Lipinski definition) is 2. The van der Waals surface area contributed by atoms with E-state index in [0.717, 1.165) is 11.1 Å².